The molecule has 1 aromatic heterocycles. The fourth-order valence-electron chi connectivity index (χ4n) is 3.14. The molecular formula is C18H22N4O4. The molecule has 0 spiro atoms. The van der Waals surface area contributed by atoms with E-state index in [4.69, 9.17) is 4.74 Å². The first kappa shape index (κ1) is 18.1. The summed E-state index contributed by atoms with van der Waals surface area (Å²) in [7, 11) is 1.50. The Morgan fingerprint density at radius 3 is 2.85 bits per heavy atom. The molecule has 8 heteroatoms. The van der Waals surface area contributed by atoms with E-state index < -0.39 is 4.92 Å². The summed E-state index contributed by atoms with van der Waals surface area (Å²) in [4.78, 5) is 32.4. The van der Waals surface area contributed by atoms with E-state index in [-0.39, 0.29) is 17.2 Å². The molecule has 26 heavy (non-hydrogen) atoms. The standard InChI is InChI=1S/C18H22N4O4/c1-11(2)17-19-15-10-21(7-6-14(15)18(23)20-17)9-12-4-5-13(22(24)25)8-16(12)26-3/h4-5,8,11H,6-7,9-10H2,1-3H3,(H,19,20,23). The van der Waals surface area contributed by atoms with Gasteiger partial charge in [0.2, 0.25) is 0 Å². The lowest BCUT2D eigenvalue weighted by atomic mass is 10.0. The number of nitrogens with one attached hydrogen (secondary N) is 1. The van der Waals surface area contributed by atoms with E-state index in [0.717, 1.165) is 23.4 Å². The van der Waals surface area contributed by atoms with Crippen molar-refractivity contribution in [2.45, 2.75) is 39.3 Å². The van der Waals surface area contributed by atoms with Crippen LogP contribution in [0.2, 0.25) is 0 Å². The summed E-state index contributed by atoms with van der Waals surface area (Å²) in [6.07, 6.45) is 0.630. The number of benzene rings is 1. The van der Waals surface area contributed by atoms with Gasteiger partial charge in [-0.2, -0.15) is 0 Å². The highest BCUT2D eigenvalue weighted by molar-refractivity contribution is 5.44. The second-order valence-electron chi connectivity index (χ2n) is 6.75. The summed E-state index contributed by atoms with van der Waals surface area (Å²) in [5.41, 5.74) is 2.39. The van der Waals surface area contributed by atoms with Gasteiger partial charge in [0.15, 0.2) is 0 Å². The molecule has 1 aliphatic rings. The number of aromatic amines is 1. The van der Waals surface area contributed by atoms with Gasteiger partial charge in [-0.15, -0.1) is 0 Å². The molecule has 0 bridgehead atoms. The average Bonchev–Trinajstić information content (AvgIpc) is 2.61. The molecule has 3 rings (SSSR count). The van der Waals surface area contributed by atoms with Crippen molar-refractivity contribution in [2.24, 2.45) is 0 Å². The number of aromatic nitrogens is 2. The van der Waals surface area contributed by atoms with E-state index >= 15 is 0 Å². The van der Waals surface area contributed by atoms with E-state index in [1.807, 2.05) is 13.8 Å². The topological polar surface area (TPSA) is 101 Å². The zero-order valence-electron chi connectivity index (χ0n) is 15.1. The van der Waals surface area contributed by atoms with Crippen LogP contribution in [0.25, 0.3) is 0 Å². The van der Waals surface area contributed by atoms with Crippen LogP contribution in [0.1, 0.15) is 42.4 Å². The Morgan fingerprint density at radius 2 is 2.19 bits per heavy atom. The SMILES string of the molecule is COc1cc([N+](=O)[O-])ccc1CN1CCc2c(nc(C(C)C)[nH]c2=O)C1. The molecule has 0 amide bonds. The third-order valence-electron chi connectivity index (χ3n) is 4.59. The third-order valence-corrected chi connectivity index (χ3v) is 4.59. The molecule has 0 radical (unpaired) electrons. The molecule has 138 valence electrons. The molecule has 0 fully saturated rings. The van der Waals surface area contributed by atoms with Crippen LogP contribution in [0.3, 0.4) is 0 Å². The normalized spacial score (nSPS) is 14.3. The Morgan fingerprint density at radius 1 is 1.42 bits per heavy atom. The van der Waals surface area contributed by atoms with Crippen molar-refractivity contribution in [2.75, 3.05) is 13.7 Å². The lowest BCUT2D eigenvalue weighted by Crippen LogP contribution is -2.35. The van der Waals surface area contributed by atoms with Gasteiger partial charge in [0.05, 0.1) is 23.8 Å². The number of methoxy groups -OCH3 is 1. The number of nitro groups is 1. The summed E-state index contributed by atoms with van der Waals surface area (Å²) in [5, 5.41) is 10.9. The van der Waals surface area contributed by atoms with Crippen LogP contribution < -0.4 is 10.3 Å². The van der Waals surface area contributed by atoms with Gasteiger partial charge in [-0.05, 0) is 12.5 Å². The Kier molecular flexibility index (Phi) is 5.03. The number of ether oxygens (including phenoxy) is 1. The van der Waals surface area contributed by atoms with Crippen molar-refractivity contribution < 1.29 is 9.66 Å². The maximum atomic E-state index is 12.3. The van der Waals surface area contributed by atoms with Gasteiger partial charge in [-0.1, -0.05) is 13.8 Å². The Hall–Kier alpha value is -2.74. The summed E-state index contributed by atoms with van der Waals surface area (Å²) < 4.78 is 5.32. The van der Waals surface area contributed by atoms with Crippen LogP contribution in [-0.4, -0.2) is 33.4 Å². The number of non-ortho nitro benzene ring substituents is 1. The zero-order valence-corrected chi connectivity index (χ0v) is 15.1. The first-order valence-electron chi connectivity index (χ1n) is 8.54. The summed E-state index contributed by atoms with van der Waals surface area (Å²) in [6.45, 7) is 5.85. The number of H-pyrrole nitrogens is 1. The smallest absolute Gasteiger partial charge is 0.273 e. The first-order chi connectivity index (χ1) is 12.4. The van der Waals surface area contributed by atoms with E-state index in [9.17, 15) is 14.9 Å². The Labute approximate surface area is 151 Å². The summed E-state index contributed by atoms with van der Waals surface area (Å²) in [6, 6.07) is 4.64. The van der Waals surface area contributed by atoms with Crippen molar-refractivity contribution in [1.29, 1.82) is 0 Å². The second kappa shape index (κ2) is 7.25. The Balaban J connectivity index is 1.83. The van der Waals surface area contributed by atoms with Crippen LogP contribution in [0.5, 0.6) is 5.75 Å². The molecule has 1 N–H and O–H groups in total. The van der Waals surface area contributed by atoms with Gasteiger partial charge >= 0.3 is 0 Å². The van der Waals surface area contributed by atoms with Crippen molar-refractivity contribution in [3.63, 3.8) is 0 Å². The minimum absolute atomic E-state index is 0.00404. The largest absolute Gasteiger partial charge is 0.496 e. The first-order valence-corrected chi connectivity index (χ1v) is 8.54. The number of rotatable bonds is 5. The fraction of sp³-hybridized carbons (Fsp3) is 0.444. The van der Waals surface area contributed by atoms with Gasteiger partial charge in [0, 0.05) is 42.7 Å². The number of hydrogen-bond acceptors (Lipinski definition) is 6. The van der Waals surface area contributed by atoms with E-state index in [1.165, 1.54) is 19.2 Å². The van der Waals surface area contributed by atoms with Crippen molar-refractivity contribution >= 4 is 5.69 Å². The lowest BCUT2D eigenvalue weighted by Gasteiger charge is -2.28. The number of nitro benzene ring substituents is 1. The van der Waals surface area contributed by atoms with Gasteiger partial charge in [0.1, 0.15) is 11.6 Å². The molecule has 0 saturated carbocycles. The minimum Gasteiger partial charge on any atom is -0.496 e. The van der Waals surface area contributed by atoms with Crippen LogP contribution in [0, 0.1) is 10.1 Å². The van der Waals surface area contributed by atoms with Crippen LogP contribution in [0.4, 0.5) is 5.69 Å². The minimum atomic E-state index is -0.437. The molecule has 1 aromatic carbocycles. The van der Waals surface area contributed by atoms with Crippen molar-refractivity contribution in [1.82, 2.24) is 14.9 Å². The van der Waals surface area contributed by atoms with Crippen LogP contribution >= 0.6 is 0 Å². The maximum Gasteiger partial charge on any atom is 0.273 e. The van der Waals surface area contributed by atoms with Gasteiger partial charge in [-0.3, -0.25) is 19.8 Å². The summed E-state index contributed by atoms with van der Waals surface area (Å²) >= 11 is 0. The predicted molar refractivity (Wildman–Crippen MR) is 96.4 cm³/mol. The van der Waals surface area contributed by atoms with E-state index in [2.05, 4.69) is 14.9 Å². The monoisotopic (exact) mass is 358 g/mol. The van der Waals surface area contributed by atoms with Gasteiger partial charge in [0.25, 0.3) is 11.2 Å². The molecule has 1 aliphatic heterocycles. The molecular weight excluding hydrogens is 336 g/mol. The third kappa shape index (κ3) is 3.60. The number of fused-ring (bicyclic) bond motifs is 1. The highest BCUT2D eigenvalue weighted by Gasteiger charge is 2.23. The molecule has 0 unspecified atom stereocenters. The highest BCUT2D eigenvalue weighted by Crippen LogP contribution is 2.27. The summed E-state index contributed by atoms with van der Waals surface area (Å²) in [5.74, 6) is 1.34. The van der Waals surface area contributed by atoms with Crippen LogP contribution in [0.15, 0.2) is 23.0 Å². The van der Waals surface area contributed by atoms with Gasteiger partial charge in [-0.25, -0.2) is 4.98 Å². The van der Waals surface area contributed by atoms with Crippen LogP contribution in [-0.2, 0) is 19.5 Å². The fourth-order valence-corrected chi connectivity index (χ4v) is 3.14. The molecule has 0 atom stereocenters. The molecule has 0 aliphatic carbocycles. The van der Waals surface area contributed by atoms with E-state index in [1.54, 1.807) is 6.07 Å². The number of nitrogens with zero attached hydrogens (tertiary/aromatic N) is 3. The number of hydrogen-bond donors (Lipinski definition) is 1. The van der Waals surface area contributed by atoms with Gasteiger partial charge < -0.3 is 9.72 Å². The molecule has 2 heterocycles. The lowest BCUT2D eigenvalue weighted by molar-refractivity contribution is -0.384. The molecule has 2 aromatic rings. The van der Waals surface area contributed by atoms with Crippen molar-refractivity contribution in [3.8, 4) is 5.75 Å². The average molecular weight is 358 g/mol. The van der Waals surface area contributed by atoms with Crippen molar-refractivity contribution in [3.05, 3.63) is 61.3 Å². The molecule has 0 saturated heterocycles. The Bertz CT molecular complexity index is 891. The predicted octanol–water partition coefficient (Wildman–Crippen LogP) is 2.37. The maximum absolute atomic E-state index is 12.3. The second-order valence-corrected chi connectivity index (χ2v) is 6.75. The highest BCUT2D eigenvalue weighted by atomic mass is 16.6. The molecule has 8 nitrogen and oxygen atoms in total. The zero-order chi connectivity index (χ0) is 18.8. The van der Waals surface area contributed by atoms with E-state index in [0.29, 0.717) is 31.1 Å². The quantitative estimate of drug-likeness (QED) is 0.650.